The van der Waals surface area contributed by atoms with Gasteiger partial charge in [0, 0.05) is 6.07 Å². The Hall–Kier alpha value is -2.83. The summed E-state index contributed by atoms with van der Waals surface area (Å²) in [6.07, 6.45) is 0. The lowest BCUT2D eigenvalue weighted by Gasteiger charge is -2.12. The van der Waals surface area contributed by atoms with Gasteiger partial charge in [0.25, 0.3) is 0 Å². The average Bonchev–Trinajstić information content (AvgIpc) is 2.51. The molecular weight excluding hydrogens is 282 g/mol. The second-order valence-corrected chi connectivity index (χ2v) is 4.00. The molecule has 2 rings (SSSR count). The van der Waals surface area contributed by atoms with Gasteiger partial charge in [0.05, 0.1) is 12.7 Å². The minimum atomic E-state index is -1.13. The van der Waals surface area contributed by atoms with E-state index in [1.807, 2.05) is 0 Å². The largest absolute Gasteiger partial charge is 0.497 e. The molecule has 5 nitrogen and oxygen atoms in total. The van der Waals surface area contributed by atoms with Gasteiger partial charge in [0.1, 0.15) is 11.5 Å². The van der Waals surface area contributed by atoms with Crippen molar-refractivity contribution in [3.05, 3.63) is 53.6 Å². The fraction of sp³-hybridized carbons (Fsp3) is 0.0714. The van der Waals surface area contributed by atoms with Gasteiger partial charge < -0.3 is 20.4 Å². The molecule has 0 heterocycles. The molecular formula is C14H12F2N2O3. The zero-order chi connectivity index (χ0) is 15.4. The van der Waals surface area contributed by atoms with Gasteiger partial charge in [-0.1, -0.05) is 11.2 Å². The number of halogens is 2. The first kappa shape index (κ1) is 14.6. The fourth-order valence-corrected chi connectivity index (χ4v) is 1.66. The number of methoxy groups -OCH3 is 1. The Morgan fingerprint density at radius 2 is 1.95 bits per heavy atom. The molecule has 0 aliphatic rings. The lowest BCUT2D eigenvalue weighted by Crippen LogP contribution is -2.14. The number of nitrogens with two attached hydrogens (primary N) is 1. The molecule has 0 atom stereocenters. The molecule has 2 aromatic carbocycles. The smallest absolute Gasteiger partial charge is 0.201 e. The van der Waals surface area contributed by atoms with Gasteiger partial charge >= 0.3 is 0 Å². The van der Waals surface area contributed by atoms with Gasteiger partial charge in [-0.15, -0.1) is 0 Å². The van der Waals surface area contributed by atoms with Crippen molar-refractivity contribution in [2.45, 2.75) is 0 Å². The first-order valence-corrected chi connectivity index (χ1v) is 5.84. The molecule has 0 bridgehead atoms. The Kier molecular flexibility index (Phi) is 4.22. The monoisotopic (exact) mass is 294 g/mol. The van der Waals surface area contributed by atoms with E-state index >= 15 is 0 Å². The number of nitrogens with zero attached hydrogens (tertiary/aromatic N) is 1. The van der Waals surface area contributed by atoms with Crippen molar-refractivity contribution in [1.82, 2.24) is 0 Å². The predicted molar refractivity (Wildman–Crippen MR) is 71.9 cm³/mol. The van der Waals surface area contributed by atoms with E-state index in [-0.39, 0.29) is 22.9 Å². The Morgan fingerprint density at radius 3 is 2.62 bits per heavy atom. The molecule has 0 aliphatic carbocycles. The van der Waals surface area contributed by atoms with Crippen LogP contribution in [-0.2, 0) is 0 Å². The Bertz CT molecular complexity index is 690. The van der Waals surface area contributed by atoms with Crippen molar-refractivity contribution >= 4 is 5.84 Å². The van der Waals surface area contributed by atoms with Crippen LogP contribution < -0.4 is 15.2 Å². The number of ether oxygens (including phenoxy) is 2. The molecule has 110 valence electrons. The Balaban J connectivity index is 2.48. The van der Waals surface area contributed by atoms with Crippen LogP contribution in [0.4, 0.5) is 8.78 Å². The normalized spacial score (nSPS) is 11.3. The highest BCUT2D eigenvalue weighted by Crippen LogP contribution is 2.31. The third-order valence-electron chi connectivity index (χ3n) is 2.71. The van der Waals surface area contributed by atoms with Gasteiger partial charge in [0.2, 0.25) is 5.82 Å². The van der Waals surface area contributed by atoms with E-state index in [1.165, 1.54) is 31.4 Å². The lowest BCUT2D eigenvalue weighted by atomic mass is 10.1. The molecule has 0 fully saturated rings. The summed E-state index contributed by atoms with van der Waals surface area (Å²) in [7, 11) is 1.44. The van der Waals surface area contributed by atoms with Crippen LogP contribution in [0.1, 0.15) is 5.56 Å². The van der Waals surface area contributed by atoms with Crippen LogP contribution in [0.5, 0.6) is 17.2 Å². The highest BCUT2D eigenvalue weighted by Gasteiger charge is 2.15. The number of rotatable bonds is 4. The second kappa shape index (κ2) is 6.08. The van der Waals surface area contributed by atoms with E-state index < -0.39 is 11.6 Å². The SMILES string of the molecule is COc1ccc(/C(N)=N/O)c(Oc2cccc(F)c2F)c1. The van der Waals surface area contributed by atoms with Crippen molar-refractivity contribution in [1.29, 1.82) is 0 Å². The Labute approximate surface area is 119 Å². The number of hydrogen-bond donors (Lipinski definition) is 2. The van der Waals surface area contributed by atoms with Crippen LogP contribution in [0.2, 0.25) is 0 Å². The summed E-state index contributed by atoms with van der Waals surface area (Å²) in [6, 6.07) is 7.98. The second-order valence-electron chi connectivity index (χ2n) is 4.00. The zero-order valence-corrected chi connectivity index (χ0v) is 11.0. The van der Waals surface area contributed by atoms with Crippen LogP contribution in [0.15, 0.2) is 41.6 Å². The molecule has 0 spiro atoms. The minimum Gasteiger partial charge on any atom is -0.497 e. The van der Waals surface area contributed by atoms with Gasteiger partial charge in [-0.2, -0.15) is 4.39 Å². The van der Waals surface area contributed by atoms with Crippen molar-refractivity contribution in [2.24, 2.45) is 10.9 Å². The van der Waals surface area contributed by atoms with Gasteiger partial charge in [-0.05, 0) is 24.3 Å². The van der Waals surface area contributed by atoms with Crippen LogP contribution >= 0.6 is 0 Å². The third kappa shape index (κ3) is 3.02. The molecule has 0 saturated carbocycles. The summed E-state index contributed by atoms with van der Waals surface area (Å²) in [6.45, 7) is 0. The molecule has 21 heavy (non-hydrogen) atoms. The number of amidine groups is 1. The highest BCUT2D eigenvalue weighted by atomic mass is 19.2. The zero-order valence-electron chi connectivity index (χ0n) is 11.0. The first-order valence-electron chi connectivity index (χ1n) is 5.84. The van der Waals surface area contributed by atoms with E-state index in [4.69, 9.17) is 20.4 Å². The van der Waals surface area contributed by atoms with Gasteiger partial charge in [-0.3, -0.25) is 0 Å². The van der Waals surface area contributed by atoms with Crippen molar-refractivity contribution in [3.63, 3.8) is 0 Å². The molecule has 0 saturated heterocycles. The van der Waals surface area contributed by atoms with Crippen LogP contribution in [-0.4, -0.2) is 18.2 Å². The third-order valence-corrected chi connectivity index (χ3v) is 2.71. The van der Waals surface area contributed by atoms with E-state index in [1.54, 1.807) is 6.07 Å². The molecule has 0 aromatic heterocycles. The minimum absolute atomic E-state index is 0.0640. The van der Waals surface area contributed by atoms with Gasteiger partial charge in [-0.25, -0.2) is 4.39 Å². The molecule has 0 aliphatic heterocycles. The summed E-state index contributed by atoms with van der Waals surface area (Å²) in [5.41, 5.74) is 5.73. The topological polar surface area (TPSA) is 77.1 Å². The summed E-state index contributed by atoms with van der Waals surface area (Å²) in [5, 5.41) is 11.6. The maximum Gasteiger partial charge on any atom is 0.201 e. The molecule has 0 unspecified atom stereocenters. The maximum atomic E-state index is 13.6. The maximum absolute atomic E-state index is 13.6. The predicted octanol–water partition coefficient (Wildman–Crippen LogP) is 2.86. The van der Waals surface area contributed by atoms with E-state index in [9.17, 15) is 8.78 Å². The van der Waals surface area contributed by atoms with E-state index in [0.717, 1.165) is 6.07 Å². The molecule has 7 heteroatoms. The summed E-state index contributed by atoms with van der Waals surface area (Å²) < 4.78 is 37.2. The van der Waals surface area contributed by atoms with Crippen molar-refractivity contribution in [3.8, 4) is 17.2 Å². The summed E-state index contributed by atoms with van der Waals surface area (Å²) >= 11 is 0. The summed E-state index contributed by atoms with van der Waals surface area (Å²) in [5.74, 6) is -2.25. The number of hydrogen-bond acceptors (Lipinski definition) is 4. The molecule has 2 aromatic rings. The highest BCUT2D eigenvalue weighted by molar-refractivity contribution is 5.99. The average molecular weight is 294 g/mol. The van der Waals surface area contributed by atoms with E-state index in [0.29, 0.717) is 5.75 Å². The molecule has 0 radical (unpaired) electrons. The quantitative estimate of drug-likeness (QED) is 0.393. The molecule has 3 N–H and O–H groups in total. The lowest BCUT2D eigenvalue weighted by molar-refractivity contribution is 0.318. The van der Waals surface area contributed by atoms with Crippen LogP contribution in [0.3, 0.4) is 0 Å². The van der Waals surface area contributed by atoms with Crippen LogP contribution in [0, 0.1) is 11.6 Å². The standard InChI is InChI=1S/C14H12F2N2O3/c1-20-8-5-6-9(14(17)18-19)12(7-8)21-11-4-2-3-10(15)13(11)16/h2-7,19H,1H3,(H2,17,18). The Morgan fingerprint density at radius 1 is 1.19 bits per heavy atom. The summed E-state index contributed by atoms with van der Waals surface area (Å²) in [4.78, 5) is 0. The fourth-order valence-electron chi connectivity index (χ4n) is 1.66. The van der Waals surface area contributed by atoms with Gasteiger partial charge in [0.15, 0.2) is 17.4 Å². The number of oxime groups is 1. The first-order chi connectivity index (χ1) is 10.1. The van der Waals surface area contributed by atoms with E-state index in [2.05, 4.69) is 5.16 Å². The van der Waals surface area contributed by atoms with Crippen LogP contribution in [0.25, 0.3) is 0 Å². The van der Waals surface area contributed by atoms with Crippen molar-refractivity contribution < 1.29 is 23.5 Å². The van der Waals surface area contributed by atoms with Crippen molar-refractivity contribution in [2.75, 3.05) is 7.11 Å². The number of benzene rings is 2. The molecule has 0 amide bonds.